The number of aliphatic hydroxyl groups excluding tert-OH is 7. The lowest BCUT2D eigenvalue weighted by Crippen LogP contribution is -2.58. The van der Waals surface area contributed by atoms with E-state index in [1.807, 2.05) is 6.92 Å². The summed E-state index contributed by atoms with van der Waals surface area (Å²) in [6.07, 6.45) is 1.99. The van der Waals surface area contributed by atoms with Crippen molar-refractivity contribution in [3.8, 4) is 0 Å². The molecule has 2 bridgehead atoms. The number of phosphoric ester groups is 2. The first-order chi connectivity index (χ1) is 32.8. The van der Waals surface area contributed by atoms with Crippen LogP contribution < -0.4 is 0 Å². The number of carbonyl (C=O) groups excluding carboxylic acids is 2. The molecule has 0 aromatic carbocycles. The maximum absolute atomic E-state index is 13.7. The molecule has 0 saturated carbocycles. The molecule has 0 aliphatic carbocycles. The number of ether oxygens (including phenoxy) is 3. The number of allylic oxidation sites excluding steroid dienone is 4. The van der Waals surface area contributed by atoms with Gasteiger partial charge in [-0.25, -0.2) is 9.13 Å². The Balaban J connectivity index is 2.30. The summed E-state index contributed by atoms with van der Waals surface area (Å²) >= 11 is 0. The van der Waals surface area contributed by atoms with Crippen LogP contribution in [0.5, 0.6) is 0 Å². The number of unbranched alkanes of at least 4 members (excludes halogenated alkanes) is 13. The van der Waals surface area contributed by atoms with Gasteiger partial charge in [0.15, 0.2) is 12.4 Å². The molecule has 0 amide bonds. The highest BCUT2D eigenvalue weighted by Crippen LogP contribution is 2.49. The molecular weight excluding hydrogens is 946 g/mol. The Hall–Kier alpha value is -1.94. The SMILES string of the molecule is CC/C=C\CCCCCCCCCCCCCC(=O)OC[C@@H]1COP(=O)(O)O[C@H]2[C@H](O)[C@@H](O)[C@H](O)[C@@H](C/C=C\CCCC(=O)O1)[C@@H](O)CC(O)O[C@H](C=C[C@@H](O)CCCCC)[C@@H](O)[C@H]2OP(=O)(O)O. The van der Waals surface area contributed by atoms with Crippen LogP contribution in [0.2, 0.25) is 0 Å². The third kappa shape index (κ3) is 27.6. The largest absolute Gasteiger partial charge is 0.472 e. The first kappa shape index (κ1) is 63.2. The Morgan fingerprint density at radius 2 is 1.52 bits per heavy atom. The van der Waals surface area contributed by atoms with Gasteiger partial charge in [0.1, 0.15) is 43.2 Å². The molecule has 20 nitrogen and oxygen atoms in total. The second-order valence-electron chi connectivity index (χ2n) is 18.0. The van der Waals surface area contributed by atoms with Gasteiger partial charge in [0.05, 0.1) is 24.9 Å². The van der Waals surface area contributed by atoms with E-state index >= 15 is 0 Å². The maximum Gasteiger partial charge on any atom is 0.472 e. The van der Waals surface area contributed by atoms with Gasteiger partial charge in [0, 0.05) is 25.2 Å². The lowest BCUT2D eigenvalue weighted by molar-refractivity contribution is -0.210. The van der Waals surface area contributed by atoms with Gasteiger partial charge in [-0.15, -0.1) is 0 Å². The number of phosphoric acid groups is 2. The molecule has 22 heteroatoms. The van der Waals surface area contributed by atoms with Crippen LogP contribution in [0.25, 0.3) is 0 Å². The molecule has 0 spiro atoms. The van der Waals surface area contributed by atoms with Gasteiger partial charge in [-0.1, -0.05) is 127 Å². The summed E-state index contributed by atoms with van der Waals surface area (Å²) in [5.74, 6) is -2.86. The van der Waals surface area contributed by atoms with E-state index in [0.29, 0.717) is 12.8 Å². The average Bonchev–Trinajstić information content (AvgIpc) is 3.29. The molecule has 0 radical (unpaired) electrons. The summed E-state index contributed by atoms with van der Waals surface area (Å²) in [6, 6.07) is 0. The van der Waals surface area contributed by atoms with E-state index in [1.165, 1.54) is 38.2 Å². The minimum absolute atomic E-state index is 0.0482. The van der Waals surface area contributed by atoms with Gasteiger partial charge in [-0.3, -0.25) is 23.2 Å². The number of rotatable bonds is 25. The smallest absolute Gasteiger partial charge is 0.462 e. The van der Waals surface area contributed by atoms with Gasteiger partial charge in [-0.2, -0.15) is 0 Å². The molecule has 2 aliphatic rings. The molecule has 2 heterocycles. The normalized spacial score (nSPS) is 31.7. The van der Waals surface area contributed by atoms with E-state index in [4.69, 9.17) is 27.8 Å². The van der Waals surface area contributed by atoms with Crippen LogP contribution in [-0.4, -0.2) is 143 Å². The molecular formula is C47H84O20P2. The number of fused-ring (bicyclic) bond motifs is 4. The van der Waals surface area contributed by atoms with Crippen LogP contribution in [0.1, 0.15) is 162 Å². The monoisotopic (exact) mass is 1030 g/mol. The number of cyclic esters (lactones) is 1. The predicted molar refractivity (Wildman–Crippen MR) is 254 cm³/mol. The van der Waals surface area contributed by atoms with Crippen molar-refractivity contribution in [1.29, 1.82) is 0 Å². The molecule has 2 rings (SSSR count). The van der Waals surface area contributed by atoms with Gasteiger partial charge in [0.25, 0.3) is 0 Å². The van der Waals surface area contributed by atoms with Crippen molar-refractivity contribution < 1.29 is 96.9 Å². The average molecular weight is 1030 g/mol. The van der Waals surface area contributed by atoms with Crippen LogP contribution in [0, 0.1) is 5.92 Å². The van der Waals surface area contributed by atoms with E-state index in [0.717, 1.165) is 69.9 Å². The van der Waals surface area contributed by atoms with Gasteiger partial charge in [-0.05, 0) is 51.4 Å². The summed E-state index contributed by atoms with van der Waals surface area (Å²) in [4.78, 5) is 56.7. The highest BCUT2D eigenvalue weighted by Gasteiger charge is 2.50. The minimum atomic E-state index is -5.79. The summed E-state index contributed by atoms with van der Waals surface area (Å²) in [7, 11) is -11.5. The Morgan fingerprint density at radius 1 is 0.870 bits per heavy atom. The predicted octanol–water partition coefficient (Wildman–Crippen LogP) is 5.61. The lowest BCUT2D eigenvalue weighted by atomic mass is 9.83. The van der Waals surface area contributed by atoms with Crippen LogP contribution in [-0.2, 0) is 46.5 Å². The lowest BCUT2D eigenvalue weighted by Gasteiger charge is -2.41. The van der Waals surface area contributed by atoms with E-state index in [1.54, 1.807) is 6.08 Å². The number of esters is 2. The van der Waals surface area contributed by atoms with Crippen LogP contribution in [0.15, 0.2) is 36.5 Å². The molecule has 10 N–H and O–H groups in total. The molecule has 2 aliphatic heterocycles. The number of carbonyl (C=O) groups is 2. The molecule has 69 heavy (non-hydrogen) atoms. The Labute approximate surface area is 407 Å². The van der Waals surface area contributed by atoms with Crippen molar-refractivity contribution >= 4 is 27.6 Å². The van der Waals surface area contributed by atoms with Crippen molar-refractivity contribution in [2.24, 2.45) is 5.92 Å². The van der Waals surface area contributed by atoms with E-state index in [-0.39, 0.29) is 38.5 Å². The second kappa shape index (κ2) is 35.3. The third-order valence-corrected chi connectivity index (χ3v) is 13.5. The van der Waals surface area contributed by atoms with Crippen molar-refractivity contribution in [1.82, 2.24) is 0 Å². The van der Waals surface area contributed by atoms with Crippen LogP contribution in [0.3, 0.4) is 0 Å². The quantitative estimate of drug-likeness (QED) is 0.0230. The van der Waals surface area contributed by atoms with E-state index < -0.39 is 120 Å². The topological polar surface area (TPSA) is 326 Å². The Bertz CT molecular complexity index is 1590. The van der Waals surface area contributed by atoms with Crippen LogP contribution >= 0.6 is 15.6 Å². The fourth-order valence-corrected chi connectivity index (χ4v) is 9.60. The molecule has 0 aromatic rings. The number of hydrogen-bond acceptors (Lipinski definition) is 17. The highest BCUT2D eigenvalue weighted by molar-refractivity contribution is 7.47. The first-order valence-electron chi connectivity index (χ1n) is 24.9. The molecule has 2 unspecified atom stereocenters. The van der Waals surface area contributed by atoms with E-state index in [2.05, 4.69) is 19.1 Å². The molecule has 1 saturated heterocycles. The summed E-state index contributed by atoms with van der Waals surface area (Å²) in [5, 5.41) is 78.9. The molecule has 1 fully saturated rings. The van der Waals surface area contributed by atoms with Gasteiger partial charge >= 0.3 is 27.6 Å². The van der Waals surface area contributed by atoms with Crippen molar-refractivity contribution in [2.75, 3.05) is 13.2 Å². The standard InChI is InChI=1S/C47H84O20P2/c1-3-5-7-8-9-10-11-12-13-14-15-16-17-18-23-27-39(50)62-32-35-33-63-69(60,61)67-47-45(56)44(55)42(53)36(26-22-19-20-24-28-40(51)64-35)37(49)31-41(52)65-38(30-29-34(48)25-21-6-4-2)43(54)46(47)66-68(57,58)59/h5,7,19,22,29-30,34-38,41-49,52-56H,3-4,6,8-18,20-21,23-28,31-33H2,1-2H3,(H,60,61)(H2,57,58,59)/b7-5-,22-19-,30-29?/t34-,35+,36-,37-,38+,41?,42+,43+,44-,45+,46+,47-/m0/s1. The van der Waals surface area contributed by atoms with Gasteiger partial charge in [0.2, 0.25) is 0 Å². The summed E-state index contributed by atoms with van der Waals surface area (Å²) in [5.41, 5.74) is 0. The molecule has 402 valence electrons. The summed E-state index contributed by atoms with van der Waals surface area (Å²) in [6.45, 7) is 2.46. The number of hydrogen-bond donors (Lipinski definition) is 10. The van der Waals surface area contributed by atoms with Crippen LogP contribution in [0.4, 0.5) is 0 Å². The third-order valence-electron chi connectivity index (χ3n) is 12.0. The Kier molecular flexibility index (Phi) is 32.3. The zero-order valence-electron chi connectivity index (χ0n) is 40.5. The second-order valence-corrected chi connectivity index (χ2v) is 20.6. The van der Waals surface area contributed by atoms with Crippen molar-refractivity contribution in [3.63, 3.8) is 0 Å². The summed E-state index contributed by atoms with van der Waals surface area (Å²) < 4.78 is 57.7. The highest BCUT2D eigenvalue weighted by atomic mass is 31.2. The van der Waals surface area contributed by atoms with E-state index in [9.17, 15) is 69.1 Å². The first-order valence-corrected chi connectivity index (χ1v) is 28.0. The van der Waals surface area contributed by atoms with Crippen molar-refractivity contribution in [3.05, 3.63) is 36.5 Å². The van der Waals surface area contributed by atoms with Gasteiger partial charge < -0.3 is 64.6 Å². The zero-order valence-corrected chi connectivity index (χ0v) is 42.3. The minimum Gasteiger partial charge on any atom is -0.462 e. The number of aliphatic hydroxyl groups is 7. The fourth-order valence-electron chi connectivity index (χ4n) is 8.07. The fraction of sp³-hybridized carbons (Fsp3) is 0.830. The molecule has 0 aromatic heterocycles. The molecule has 13 atom stereocenters. The Morgan fingerprint density at radius 3 is 2.16 bits per heavy atom. The van der Waals surface area contributed by atoms with Crippen molar-refractivity contribution in [2.45, 2.75) is 229 Å². The zero-order chi connectivity index (χ0) is 51.2. The maximum atomic E-state index is 13.7.